The Balaban J connectivity index is 3.39. The number of carbonyl (C=O) groups excluding carboxylic acids is 1. The van der Waals surface area contributed by atoms with Gasteiger partial charge in [0.25, 0.3) is 0 Å². The van der Waals surface area contributed by atoms with Gasteiger partial charge in [0, 0.05) is 17.9 Å². The minimum atomic E-state index is 0.680. The molecule has 86 valence electrons. The van der Waals surface area contributed by atoms with E-state index in [-0.39, 0.29) is 0 Å². The molecule has 0 rings (SSSR count). The second kappa shape index (κ2) is 11.6. The van der Waals surface area contributed by atoms with Crippen LogP contribution in [0, 0.1) is 0 Å². The van der Waals surface area contributed by atoms with Crippen LogP contribution in [0.1, 0.15) is 39.5 Å². The molecule has 2 heteroatoms. The topological polar surface area (TPSA) is 17.1 Å². The van der Waals surface area contributed by atoms with Crippen LogP contribution in [-0.2, 0) is 4.79 Å². The second-order valence-corrected chi connectivity index (χ2v) is 4.66. The van der Waals surface area contributed by atoms with Crippen LogP contribution in [0.25, 0.3) is 0 Å². The molecule has 0 aromatic carbocycles. The number of hydrogen-bond acceptors (Lipinski definition) is 2. The average molecular weight is 226 g/mol. The van der Waals surface area contributed by atoms with Gasteiger partial charge >= 0.3 is 0 Å². The molecule has 0 heterocycles. The van der Waals surface area contributed by atoms with Gasteiger partial charge in [-0.05, 0) is 33.1 Å². The Morgan fingerprint density at radius 3 is 2.73 bits per heavy atom. The molecule has 0 bridgehead atoms. The number of thioether (sulfide) groups is 1. The first-order chi connectivity index (χ1) is 7.31. The van der Waals surface area contributed by atoms with E-state index in [1.807, 2.05) is 11.8 Å². The third-order valence-electron chi connectivity index (χ3n) is 2.01. The summed E-state index contributed by atoms with van der Waals surface area (Å²) in [5, 5.41) is 0. The van der Waals surface area contributed by atoms with Gasteiger partial charge in [-0.25, -0.2) is 0 Å². The molecule has 0 amide bonds. The van der Waals surface area contributed by atoms with Crippen molar-refractivity contribution in [3.05, 3.63) is 23.8 Å². The highest BCUT2D eigenvalue weighted by molar-refractivity contribution is 7.99. The summed E-state index contributed by atoms with van der Waals surface area (Å²) in [6.07, 6.45) is 11.9. The summed E-state index contributed by atoms with van der Waals surface area (Å²) in [6, 6.07) is 0. The predicted molar refractivity (Wildman–Crippen MR) is 70.4 cm³/mol. The molecule has 1 nitrogen and oxygen atoms in total. The van der Waals surface area contributed by atoms with E-state index < -0.39 is 0 Å². The van der Waals surface area contributed by atoms with Crippen LogP contribution in [0.2, 0.25) is 0 Å². The molecule has 0 N–H and O–H groups in total. The van der Waals surface area contributed by atoms with Crippen molar-refractivity contribution in [1.29, 1.82) is 0 Å². The van der Waals surface area contributed by atoms with Gasteiger partial charge in [-0.2, -0.15) is 11.8 Å². The maximum Gasteiger partial charge on any atom is 0.120 e. The van der Waals surface area contributed by atoms with Gasteiger partial charge in [0.05, 0.1) is 0 Å². The summed E-state index contributed by atoms with van der Waals surface area (Å²) in [5.74, 6) is 2.02. The molecular formula is C13H22OS. The Morgan fingerprint density at radius 2 is 2.07 bits per heavy atom. The first kappa shape index (κ1) is 14.5. The molecule has 0 aliphatic rings. The monoisotopic (exact) mass is 226 g/mol. The van der Waals surface area contributed by atoms with Gasteiger partial charge < -0.3 is 4.79 Å². The van der Waals surface area contributed by atoms with Crippen LogP contribution in [0.4, 0.5) is 0 Å². The van der Waals surface area contributed by atoms with Crippen molar-refractivity contribution >= 4 is 18.0 Å². The standard InChI is InChI=1S/C13H22OS/c1-3-4-5-6-7-9-13(2)12-15-11-8-10-14/h3-4,9-10H,5-8,11-12H2,1-2H3/b4-3-,13-9+. The Hall–Kier alpha value is -0.500. The lowest BCUT2D eigenvalue weighted by molar-refractivity contribution is -0.107. The van der Waals surface area contributed by atoms with Crippen LogP contribution in [0.15, 0.2) is 23.8 Å². The molecule has 0 radical (unpaired) electrons. The van der Waals surface area contributed by atoms with Gasteiger partial charge in [-0.3, -0.25) is 0 Å². The number of allylic oxidation sites excluding steroid dienone is 3. The van der Waals surface area contributed by atoms with E-state index in [1.165, 1.54) is 24.8 Å². The molecule has 0 fully saturated rings. The Morgan fingerprint density at radius 1 is 1.27 bits per heavy atom. The van der Waals surface area contributed by atoms with E-state index in [9.17, 15) is 4.79 Å². The minimum absolute atomic E-state index is 0.680. The number of unbranched alkanes of at least 4 members (excludes halogenated alkanes) is 2. The van der Waals surface area contributed by atoms with Crippen molar-refractivity contribution in [2.24, 2.45) is 0 Å². The molecule has 0 saturated carbocycles. The fourth-order valence-electron chi connectivity index (χ4n) is 1.17. The Bertz CT molecular complexity index is 207. The van der Waals surface area contributed by atoms with Crippen molar-refractivity contribution in [2.75, 3.05) is 11.5 Å². The van der Waals surface area contributed by atoms with Crippen molar-refractivity contribution in [1.82, 2.24) is 0 Å². The van der Waals surface area contributed by atoms with Crippen molar-refractivity contribution in [3.8, 4) is 0 Å². The molecule has 15 heavy (non-hydrogen) atoms. The van der Waals surface area contributed by atoms with Crippen LogP contribution in [0.3, 0.4) is 0 Å². The van der Waals surface area contributed by atoms with Crippen molar-refractivity contribution in [2.45, 2.75) is 39.5 Å². The van der Waals surface area contributed by atoms with Gasteiger partial charge in [0.2, 0.25) is 0 Å². The SMILES string of the molecule is C/C=C\CCC/C=C(\C)CSCCC=O. The lowest BCUT2D eigenvalue weighted by atomic mass is 10.2. The molecular weight excluding hydrogens is 204 g/mol. The number of rotatable bonds is 9. The van der Waals surface area contributed by atoms with E-state index in [0.717, 1.165) is 17.8 Å². The maximum atomic E-state index is 10.1. The van der Waals surface area contributed by atoms with Crippen molar-refractivity contribution in [3.63, 3.8) is 0 Å². The van der Waals surface area contributed by atoms with E-state index in [2.05, 4.69) is 32.1 Å². The number of hydrogen-bond donors (Lipinski definition) is 0. The van der Waals surface area contributed by atoms with Gasteiger partial charge in [0.1, 0.15) is 6.29 Å². The first-order valence-electron chi connectivity index (χ1n) is 5.59. The lowest BCUT2D eigenvalue weighted by Gasteiger charge is -1.99. The lowest BCUT2D eigenvalue weighted by Crippen LogP contribution is -1.86. The summed E-state index contributed by atoms with van der Waals surface area (Å²) < 4.78 is 0. The third kappa shape index (κ3) is 11.4. The zero-order valence-corrected chi connectivity index (χ0v) is 10.7. The van der Waals surface area contributed by atoms with E-state index in [1.54, 1.807) is 0 Å². The van der Waals surface area contributed by atoms with Gasteiger partial charge in [0.15, 0.2) is 0 Å². The summed E-state index contributed by atoms with van der Waals surface area (Å²) >= 11 is 1.84. The zero-order valence-electron chi connectivity index (χ0n) is 9.87. The van der Waals surface area contributed by atoms with Crippen molar-refractivity contribution < 1.29 is 4.79 Å². The second-order valence-electron chi connectivity index (χ2n) is 3.56. The largest absolute Gasteiger partial charge is 0.303 e. The Labute approximate surface area is 98.0 Å². The highest BCUT2D eigenvalue weighted by Gasteiger charge is 1.91. The van der Waals surface area contributed by atoms with Crippen LogP contribution >= 0.6 is 11.8 Å². The third-order valence-corrected chi connectivity index (χ3v) is 3.20. The first-order valence-corrected chi connectivity index (χ1v) is 6.75. The molecule has 0 unspecified atom stereocenters. The molecule has 0 aliphatic heterocycles. The molecule has 0 spiro atoms. The Kier molecular flexibility index (Phi) is 11.2. The van der Waals surface area contributed by atoms with Crippen LogP contribution in [-0.4, -0.2) is 17.8 Å². The summed E-state index contributed by atoms with van der Waals surface area (Å²) in [7, 11) is 0. The average Bonchev–Trinajstić information content (AvgIpc) is 2.24. The van der Waals surface area contributed by atoms with E-state index in [0.29, 0.717) is 6.42 Å². The number of carbonyl (C=O) groups is 1. The van der Waals surface area contributed by atoms with E-state index >= 15 is 0 Å². The number of aldehydes is 1. The molecule has 0 saturated heterocycles. The van der Waals surface area contributed by atoms with Crippen LogP contribution < -0.4 is 0 Å². The highest BCUT2D eigenvalue weighted by Crippen LogP contribution is 2.10. The molecule has 0 aromatic rings. The summed E-state index contributed by atoms with van der Waals surface area (Å²) in [4.78, 5) is 10.1. The van der Waals surface area contributed by atoms with E-state index in [4.69, 9.17) is 0 Å². The van der Waals surface area contributed by atoms with Gasteiger partial charge in [-0.1, -0.05) is 23.8 Å². The highest BCUT2D eigenvalue weighted by atomic mass is 32.2. The predicted octanol–water partition coefficient (Wildman–Crippen LogP) is 4.00. The fourth-order valence-corrected chi connectivity index (χ4v) is 2.02. The molecule has 0 aromatic heterocycles. The minimum Gasteiger partial charge on any atom is -0.303 e. The van der Waals surface area contributed by atoms with Crippen LogP contribution in [0.5, 0.6) is 0 Å². The van der Waals surface area contributed by atoms with Gasteiger partial charge in [-0.15, -0.1) is 0 Å². The zero-order chi connectivity index (χ0) is 11.4. The smallest absolute Gasteiger partial charge is 0.120 e. The summed E-state index contributed by atoms with van der Waals surface area (Å²) in [6.45, 7) is 4.23. The normalized spacial score (nSPS) is 12.3. The molecule has 0 aliphatic carbocycles. The summed E-state index contributed by atoms with van der Waals surface area (Å²) in [5.41, 5.74) is 1.44. The fraction of sp³-hybridized carbons (Fsp3) is 0.615. The maximum absolute atomic E-state index is 10.1. The molecule has 0 atom stereocenters. The quantitative estimate of drug-likeness (QED) is 0.336.